The lowest BCUT2D eigenvalue weighted by Crippen LogP contribution is -2.55. The van der Waals surface area contributed by atoms with Crippen molar-refractivity contribution in [1.82, 2.24) is 20.2 Å². The average Bonchev–Trinajstić information content (AvgIpc) is 3.40. The smallest absolute Gasteiger partial charge is 0.232 e. The number of nitrogens with zero attached hydrogens (tertiary/aromatic N) is 3. The molecular weight excluding hydrogens is 546 g/mol. The number of hydrogen-bond donors (Lipinski definition) is 2. The van der Waals surface area contributed by atoms with Crippen LogP contribution in [0.4, 0.5) is 0 Å². The molecule has 1 amide bonds. The Bertz CT molecular complexity index is 1660. The number of hydrogen-bond acceptors (Lipinski definition) is 4. The summed E-state index contributed by atoms with van der Waals surface area (Å²) in [6.07, 6.45) is 9.13. The Labute approximate surface area is 261 Å². The summed E-state index contributed by atoms with van der Waals surface area (Å²) in [6.45, 7) is 15.0. The number of fused-ring (bicyclic) bond motifs is 4. The van der Waals surface area contributed by atoms with E-state index in [0.29, 0.717) is 17.7 Å². The lowest BCUT2D eigenvalue weighted by Gasteiger charge is -2.47. The van der Waals surface area contributed by atoms with Crippen molar-refractivity contribution in [2.24, 2.45) is 5.92 Å². The number of pyridine rings is 2. The highest BCUT2D eigenvalue weighted by Crippen LogP contribution is 2.40. The van der Waals surface area contributed by atoms with E-state index in [1.54, 1.807) is 6.20 Å². The van der Waals surface area contributed by atoms with Crippen molar-refractivity contribution in [3.63, 3.8) is 0 Å². The summed E-state index contributed by atoms with van der Waals surface area (Å²) in [6, 6.07) is 13.1. The lowest BCUT2D eigenvalue weighted by atomic mass is 9.76. The van der Waals surface area contributed by atoms with Crippen LogP contribution in [0.3, 0.4) is 0 Å². The second-order valence-corrected chi connectivity index (χ2v) is 14.0. The van der Waals surface area contributed by atoms with E-state index in [4.69, 9.17) is 4.98 Å². The van der Waals surface area contributed by atoms with Crippen LogP contribution in [0.25, 0.3) is 22.3 Å². The van der Waals surface area contributed by atoms with Crippen LogP contribution < -0.4 is 10.0 Å². The van der Waals surface area contributed by atoms with Crippen LogP contribution in [-0.4, -0.2) is 46.5 Å². The summed E-state index contributed by atoms with van der Waals surface area (Å²) in [5.41, 5.74) is 8.98. The molecule has 5 heterocycles. The highest BCUT2D eigenvalue weighted by molar-refractivity contribution is 5.93. The first kappa shape index (κ1) is 30.3. The van der Waals surface area contributed by atoms with Gasteiger partial charge >= 0.3 is 0 Å². The summed E-state index contributed by atoms with van der Waals surface area (Å²) < 4.78 is 0.901. The fraction of sp³-hybridized carbons (Fsp3) is 0.486. The van der Waals surface area contributed by atoms with Gasteiger partial charge in [-0.1, -0.05) is 24.1 Å². The molecule has 1 atom stereocenters. The molecule has 44 heavy (non-hydrogen) atoms. The number of nitrogens with one attached hydrogen (secondary N) is 2. The zero-order chi connectivity index (χ0) is 31.2. The molecule has 2 N–H and O–H groups in total. The molecule has 3 fully saturated rings. The second kappa shape index (κ2) is 12.0. The molecule has 1 saturated carbocycles. The van der Waals surface area contributed by atoms with Gasteiger partial charge in [0.1, 0.15) is 5.65 Å². The molecule has 7 rings (SSSR count). The van der Waals surface area contributed by atoms with Crippen molar-refractivity contribution in [3.05, 3.63) is 87.5 Å². The molecule has 2 aliphatic heterocycles. The first-order chi connectivity index (χ1) is 21.0. The molecule has 1 unspecified atom stereocenters. The zero-order valence-corrected chi connectivity index (χ0v) is 27.2. The minimum Gasteiger partial charge on any atom is -0.619 e. The summed E-state index contributed by atoms with van der Waals surface area (Å²) in [4.78, 5) is 24.8. The van der Waals surface area contributed by atoms with Gasteiger partial charge in [-0.15, -0.1) is 0 Å². The number of H-pyrrole nitrogens is 1. The minimum atomic E-state index is -0.662. The molecule has 2 bridgehead atoms. The first-order valence-corrected chi connectivity index (χ1v) is 16.3. The van der Waals surface area contributed by atoms with Crippen molar-refractivity contribution in [3.8, 4) is 11.3 Å². The maximum absolute atomic E-state index is 14.1. The second-order valence-electron chi connectivity index (χ2n) is 14.0. The van der Waals surface area contributed by atoms with Crippen molar-refractivity contribution in [2.75, 3.05) is 19.6 Å². The third-order valence-electron chi connectivity index (χ3n) is 10.1. The number of aromatic nitrogens is 3. The fourth-order valence-corrected chi connectivity index (χ4v) is 7.56. The van der Waals surface area contributed by atoms with Gasteiger partial charge in [0.25, 0.3) is 0 Å². The molecule has 0 spiro atoms. The van der Waals surface area contributed by atoms with E-state index < -0.39 is 5.41 Å². The SMILES string of the molecule is Cc1cc(C)cc(-c2[nH]c3ncc(C(C)(C)C(=O)N4CC5CCC4CC5)cc3c2C(C)CNCCc2cc[n+]([O-])c(C)c2)c1. The van der Waals surface area contributed by atoms with Crippen molar-refractivity contribution < 1.29 is 9.52 Å². The van der Waals surface area contributed by atoms with Crippen molar-refractivity contribution >= 4 is 16.9 Å². The summed E-state index contributed by atoms with van der Waals surface area (Å²) in [5, 5.41) is 16.5. The number of piperidine rings is 2. The molecule has 1 aliphatic carbocycles. The van der Waals surface area contributed by atoms with E-state index in [0.717, 1.165) is 77.0 Å². The third kappa shape index (κ3) is 5.86. The summed E-state index contributed by atoms with van der Waals surface area (Å²) in [7, 11) is 0. The molecule has 7 heteroatoms. The van der Waals surface area contributed by atoms with Crippen molar-refractivity contribution in [2.45, 2.75) is 91.0 Å². The van der Waals surface area contributed by atoms with E-state index in [1.807, 2.05) is 25.3 Å². The predicted octanol–water partition coefficient (Wildman–Crippen LogP) is 6.40. The van der Waals surface area contributed by atoms with Crippen LogP contribution in [0.2, 0.25) is 0 Å². The van der Waals surface area contributed by atoms with Gasteiger partial charge in [-0.25, -0.2) is 4.98 Å². The fourth-order valence-electron chi connectivity index (χ4n) is 7.56. The van der Waals surface area contributed by atoms with Gasteiger partial charge in [-0.05, 0) is 119 Å². The summed E-state index contributed by atoms with van der Waals surface area (Å²) >= 11 is 0. The molecule has 232 valence electrons. The Kier molecular flexibility index (Phi) is 8.27. The van der Waals surface area contributed by atoms with E-state index in [2.05, 4.69) is 74.1 Å². The Balaban J connectivity index is 1.31. The molecular formula is C37H47N5O2. The third-order valence-corrected chi connectivity index (χ3v) is 10.1. The number of aromatic amines is 1. The zero-order valence-electron chi connectivity index (χ0n) is 27.2. The number of carbonyl (C=O) groups is 1. The topological polar surface area (TPSA) is 88.0 Å². The summed E-state index contributed by atoms with van der Waals surface area (Å²) in [5.74, 6) is 1.07. The highest BCUT2D eigenvalue weighted by atomic mass is 16.5. The van der Waals surface area contributed by atoms with Crippen LogP contribution >= 0.6 is 0 Å². The number of aryl methyl sites for hydroxylation is 3. The number of rotatable bonds is 9. The minimum absolute atomic E-state index is 0.189. The monoisotopic (exact) mass is 593 g/mol. The molecule has 2 saturated heterocycles. The van der Waals surface area contributed by atoms with Gasteiger partial charge in [-0.3, -0.25) is 4.79 Å². The quantitative estimate of drug-likeness (QED) is 0.134. The van der Waals surface area contributed by atoms with E-state index in [9.17, 15) is 10.0 Å². The Morgan fingerprint density at radius 3 is 2.50 bits per heavy atom. The standard InChI is InChI=1S/C37H47N5O2/c1-23-15-24(2)17-29(16-23)34-33(25(3)20-38-13-11-27-12-14-42(44)26(4)18-27)32-19-30(21-39-35(32)40-34)37(5,6)36(43)41-22-28-7-9-31(41)10-8-28/h12,14-19,21,25,28,31,38H,7-11,13,20,22H2,1-6H3,(H,39,40). The largest absolute Gasteiger partial charge is 0.619 e. The van der Waals surface area contributed by atoms with Crippen LogP contribution in [0.1, 0.15) is 85.9 Å². The highest BCUT2D eigenvalue weighted by Gasteiger charge is 2.42. The first-order valence-electron chi connectivity index (χ1n) is 16.3. The Morgan fingerprint density at radius 2 is 1.84 bits per heavy atom. The van der Waals surface area contributed by atoms with Gasteiger partial charge in [-0.2, -0.15) is 4.73 Å². The van der Waals surface area contributed by atoms with Gasteiger partial charge < -0.3 is 20.4 Å². The van der Waals surface area contributed by atoms with Gasteiger partial charge in [0, 0.05) is 49.8 Å². The van der Waals surface area contributed by atoms with Crippen LogP contribution in [-0.2, 0) is 16.6 Å². The predicted molar refractivity (Wildman–Crippen MR) is 177 cm³/mol. The maximum Gasteiger partial charge on any atom is 0.232 e. The van der Waals surface area contributed by atoms with E-state index >= 15 is 0 Å². The van der Waals surface area contributed by atoms with Crippen LogP contribution in [0.5, 0.6) is 0 Å². The van der Waals surface area contributed by atoms with Gasteiger partial charge in [0.2, 0.25) is 5.91 Å². The number of benzene rings is 1. The van der Waals surface area contributed by atoms with E-state index in [-0.39, 0.29) is 11.8 Å². The normalized spacial score (nSPS) is 19.1. The van der Waals surface area contributed by atoms with Gasteiger partial charge in [0.15, 0.2) is 11.9 Å². The maximum atomic E-state index is 14.1. The molecule has 7 nitrogen and oxygen atoms in total. The number of amides is 1. The number of carbonyl (C=O) groups excluding carboxylic acids is 1. The van der Waals surface area contributed by atoms with Gasteiger partial charge in [0.05, 0.1) is 11.1 Å². The van der Waals surface area contributed by atoms with Crippen LogP contribution in [0.15, 0.2) is 48.8 Å². The van der Waals surface area contributed by atoms with E-state index in [1.165, 1.54) is 29.5 Å². The lowest BCUT2D eigenvalue weighted by molar-refractivity contribution is -0.612. The molecule has 3 aliphatic rings. The average molecular weight is 594 g/mol. The Hall–Kier alpha value is -3.71. The van der Waals surface area contributed by atoms with Crippen molar-refractivity contribution in [1.29, 1.82) is 0 Å². The van der Waals surface area contributed by atoms with Crippen LogP contribution in [0, 0.1) is 31.9 Å². The Morgan fingerprint density at radius 1 is 1.11 bits per heavy atom. The molecule has 1 aromatic carbocycles. The molecule has 4 aromatic rings. The molecule has 3 aromatic heterocycles. The molecule has 0 radical (unpaired) electrons.